The maximum absolute atomic E-state index is 12.5. The van der Waals surface area contributed by atoms with E-state index < -0.39 is 5.66 Å². The Morgan fingerprint density at radius 1 is 1.31 bits per heavy atom. The summed E-state index contributed by atoms with van der Waals surface area (Å²) in [6.07, 6.45) is 7.25. The summed E-state index contributed by atoms with van der Waals surface area (Å²) in [5.41, 5.74) is 1.91. The van der Waals surface area contributed by atoms with Crippen molar-refractivity contribution in [1.82, 2.24) is 5.32 Å². The van der Waals surface area contributed by atoms with E-state index in [1.54, 1.807) is 0 Å². The highest BCUT2D eigenvalue weighted by molar-refractivity contribution is 7.84. The second kappa shape index (κ2) is 7.75. The summed E-state index contributed by atoms with van der Waals surface area (Å²) in [6.45, 7) is 4.45. The van der Waals surface area contributed by atoms with Crippen LogP contribution in [0.4, 0.5) is 5.69 Å². The molecule has 1 aliphatic carbocycles. The van der Waals surface area contributed by atoms with Gasteiger partial charge in [-0.25, -0.2) is 0 Å². The third kappa shape index (κ3) is 3.48. The number of nitriles is 1. The van der Waals surface area contributed by atoms with Gasteiger partial charge in [0.25, 0.3) is 5.91 Å². The summed E-state index contributed by atoms with van der Waals surface area (Å²) < 4.78 is 0. The van der Waals surface area contributed by atoms with Gasteiger partial charge in [-0.05, 0) is 62.1 Å². The molecule has 4 nitrogen and oxygen atoms in total. The van der Waals surface area contributed by atoms with Gasteiger partial charge in [0.05, 0.1) is 5.03 Å². The lowest BCUT2D eigenvalue weighted by Gasteiger charge is -2.51. The van der Waals surface area contributed by atoms with E-state index in [9.17, 15) is 10.1 Å². The number of nitrogens with zero attached hydrogens (tertiary/aromatic N) is 2. The van der Waals surface area contributed by atoms with Gasteiger partial charge in [0.2, 0.25) is 0 Å². The molecular formula is C21H27N3OS. The SMILES string of the molecule is CCCCc1ccc(N2C(S)=C(C#N)C(=O)NC23CCC(C)CC3)cc1. The second-order valence-corrected chi connectivity index (χ2v) is 8.01. The van der Waals surface area contributed by atoms with Crippen molar-refractivity contribution in [2.75, 3.05) is 4.90 Å². The van der Waals surface area contributed by atoms with Crippen LogP contribution >= 0.6 is 12.6 Å². The van der Waals surface area contributed by atoms with Crippen LogP contribution in [-0.2, 0) is 11.2 Å². The number of carbonyl (C=O) groups excluding carboxylic acids is 1. The molecule has 0 saturated heterocycles. The van der Waals surface area contributed by atoms with E-state index in [2.05, 4.69) is 61.0 Å². The number of unbranched alkanes of at least 4 members (excludes halogenated alkanes) is 1. The van der Waals surface area contributed by atoms with E-state index in [4.69, 9.17) is 0 Å². The molecule has 1 heterocycles. The molecule has 2 aliphatic rings. The quantitative estimate of drug-likeness (QED) is 0.766. The molecule has 0 aromatic heterocycles. The first-order valence-corrected chi connectivity index (χ1v) is 10.0. The molecular weight excluding hydrogens is 342 g/mol. The second-order valence-electron chi connectivity index (χ2n) is 7.58. The summed E-state index contributed by atoms with van der Waals surface area (Å²) in [4.78, 5) is 14.5. The number of anilines is 1. The normalized spacial score (nSPS) is 26.0. The number of nitrogens with one attached hydrogen (secondary N) is 1. The van der Waals surface area contributed by atoms with Crippen LogP contribution in [0.15, 0.2) is 34.9 Å². The molecule has 0 bridgehead atoms. The number of aryl methyl sites for hydroxylation is 1. The van der Waals surface area contributed by atoms with E-state index in [-0.39, 0.29) is 11.5 Å². The van der Waals surface area contributed by atoms with Crippen LogP contribution in [0.3, 0.4) is 0 Å². The average molecular weight is 370 g/mol. The van der Waals surface area contributed by atoms with Crippen LogP contribution in [0.2, 0.25) is 0 Å². The Bertz CT molecular complexity index is 740. The van der Waals surface area contributed by atoms with Gasteiger partial charge in [-0.15, -0.1) is 12.6 Å². The topological polar surface area (TPSA) is 56.1 Å². The minimum Gasteiger partial charge on any atom is -0.328 e. The lowest BCUT2D eigenvalue weighted by molar-refractivity contribution is -0.120. The van der Waals surface area contributed by atoms with Gasteiger partial charge in [-0.2, -0.15) is 5.26 Å². The molecule has 1 N–H and O–H groups in total. The fourth-order valence-corrected chi connectivity index (χ4v) is 4.46. The maximum Gasteiger partial charge on any atom is 0.266 e. The van der Waals surface area contributed by atoms with E-state index >= 15 is 0 Å². The van der Waals surface area contributed by atoms with E-state index in [0.29, 0.717) is 10.9 Å². The molecule has 1 amide bonds. The zero-order valence-electron chi connectivity index (χ0n) is 15.6. The molecule has 1 aliphatic heterocycles. The largest absolute Gasteiger partial charge is 0.328 e. The van der Waals surface area contributed by atoms with Crippen LogP contribution in [-0.4, -0.2) is 11.6 Å². The summed E-state index contributed by atoms with van der Waals surface area (Å²) >= 11 is 4.61. The van der Waals surface area contributed by atoms with Gasteiger partial charge < -0.3 is 10.2 Å². The fourth-order valence-electron chi connectivity index (χ4n) is 4.00. The van der Waals surface area contributed by atoms with Gasteiger partial charge in [0.15, 0.2) is 0 Å². The minimum absolute atomic E-state index is 0.0904. The fraction of sp³-hybridized carbons (Fsp3) is 0.524. The standard InChI is InChI=1S/C21H27N3OS/c1-3-4-5-16-6-8-17(9-7-16)24-20(26)18(14-22)19(25)23-21(24)12-10-15(2)11-13-21/h6-9,15,26H,3-5,10-13H2,1-2H3,(H,23,25). The Balaban J connectivity index is 2.00. The highest BCUT2D eigenvalue weighted by Gasteiger charge is 2.46. The number of amides is 1. The first-order valence-electron chi connectivity index (χ1n) is 9.56. The molecule has 1 aromatic carbocycles. The van der Waals surface area contributed by atoms with Gasteiger partial charge in [0.1, 0.15) is 17.3 Å². The van der Waals surface area contributed by atoms with Crippen molar-refractivity contribution >= 4 is 24.2 Å². The Labute approximate surface area is 161 Å². The molecule has 0 radical (unpaired) electrons. The highest BCUT2D eigenvalue weighted by Crippen LogP contribution is 2.43. The van der Waals surface area contributed by atoms with E-state index in [1.165, 1.54) is 18.4 Å². The van der Waals surface area contributed by atoms with Crippen molar-refractivity contribution in [1.29, 1.82) is 5.26 Å². The minimum atomic E-state index is -0.480. The average Bonchev–Trinajstić information content (AvgIpc) is 2.64. The van der Waals surface area contributed by atoms with Crippen molar-refractivity contribution in [2.45, 2.75) is 64.5 Å². The highest BCUT2D eigenvalue weighted by atomic mass is 32.1. The number of benzene rings is 1. The first kappa shape index (κ1) is 18.8. The molecule has 0 unspecified atom stereocenters. The third-order valence-electron chi connectivity index (χ3n) is 5.66. The molecule has 5 heteroatoms. The Morgan fingerprint density at radius 2 is 1.96 bits per heavy atom. The molecule has 1 spiro atoms. The zero-order chi connectivity index (χ0) is 18.7. The molecule has 0 atom stereocenters. The Morgan fingerprint density at radius 3 is 2.54 bits per heavy atom. The number of hydrogen-bond acceptors (Lipinski definition) is 4. The van der Waals surface area contributed by atoms with Gasteiger partial charge >= 0.3 is 0 Å². The molecule has 3 rings (SSSR count). The predicted octanol–water partition coefficient (Wildman–Crippen LogP) is 4.54. The molecule has 26 heavy (non-hydrogen) atoms. The summed E-state index contributed by atoms with van der Waals surface area (Å²) in [5.74, 6) is 0.350. The van der Waals surface area contributed by atoms with Crippen LogP contribution in [0, 0.1) is 17.2 Å². The maximum atomic E-state index is 12.5. The van der Waals surface area contributed by atoms with E-state index in [0.717, 1.165) is 37.8 Å². The summed E-state index contributed by atoms with van der Waals surface area (Å²) in [5, 5.41) is 13.0. The summed E-state index contributed by atoms with van der Waals surface area (Å²) in [6, 6.07) is 10.5. The van der Waals surface area contributed by atoms with E-state index in [1.807, 2.05) is 6.07 Å². The molecule has 1 saturated carbocycles. The van der Waals surface area contributed by atoms with Crippen molar-refractivity contribution in [2.24, 2.45) is 5.92 Å². The number of thiol groups is 1. The first-order chi connectivity index (χ1) is 12.5. The molecule has 1 fully saturated rings. The van der Waals surface area contributed by atoms with Crippen LogP contribution in [0.25, 0.3) is 0 Å². The van der Waals surface area contributed by atoms with Crippen molar-refractivity contribution < 1.29 is 4.79 Å². The van der Waals surface area contributed by atoms with Crippen molar-refractivity contribution in [3.05, 3.63) is 40.4 Å². The van der Waals surface area contributed by atoms with Crippen molar-refractivity contribution in [3.8, 4) is 6.07 Å². The Kier molecular flexibility index (Phi) is 5.62. The van der Waals surface area contributed by atoms with Crippen LogP contribution in [0.1, 0.15) is 57.9 Å². The van der Waals surface area contributed by atoms with Crippen LogP contribution < -0.4 is 10.2 Å². The lowest BCUT2D eigenvalue weighted by atomic mass is 9.80. The summed E-state index contributed by atoms with van der Waals surface area (Å²) in [7, 11) is 0. The Hall–Kier alpha value is -1.93. The number of rotatable bonds is 4. The lowest BCUT2D eigenvalue weighted by Crippen LogP contribution is -2.64. The van der Waals surface area contributed by atoms with Crippen LogP contribution in [0.5, 0.6) is 0 Å². The van der Waals surface area contributed by atoms with Gasteiger partial charge in [0, 0.05) is 5.69 Å². The molecule has 1 aromatic rings. The van der Waals surface area contributed by atoms with Crippen molar-refractivity contribution in [3.63, 3.8) is 0 Å². The monoisotopic (exact) mass is 369 g/mol. The third-order valence-corrected chi connectivity index (χ3v) is 6.09. The predicted molar refractivity (Wildman–Crippen MR) is 108 cm³/mol. The number of hydrogen-bond donors (Lipinski definition) is 2. The smallest absolute Gasteiger partial charge is 0.266 e. The number of carbonyl (C=O) groups is 1. The molecule has 138 valence electrons. The zero-order valence-corrected chi connectivity index (χ0v) is 16.5. The van der Waals surface area contributed by atoms with Gasteiger partial charge in [-0.3, -0.25) is 4.79 Å². The van der Waals surface area contributed by atoms with Gasteiger partial charge in [-0.1, -0.05) is 32.4 Å².